The van der Waals surface area contributed by atoms with Gasteiger partial charge in [-0.2, -0.15) is 18.3 Å². The molecule has 0 atom stereocenters. The second-order valence-corrected chi connectivity index (χ2v) is 4.36. The molecule has 0 aliphatic heterocycles. The Morgan fingerprint density at radius 1 is 1.26 bits per heavy atom. The first kappa shape index (κ1) is 13.5. The van der Waals surface area contributed by atoms with Crippen molar-refractivity contribution in [1.82, 2.24) is 9.78 Å². The number of halogens is 3. The summed E-state index contributed by atoms with van der Waals surface area (Å²) in [7, 11) is 1.79. The first-order valence-electron chi connectivity index (χ1n) is 5.76. The molecular weight excluding hydrogens is 255 g/mol. The van der Waals surface area contributed by atoms with Gasteiger partial charge in [0.25, 0.3) is 0 Å². The van der Waals surface area contributed by atoms with Crippen LogP contribution in [0.25, 0.3) is 0 Å². The fourth-order valence-electron chi connectivity index (χ4n) is 1.79. The van der Waals surface area contributed by atoms with E-state index in [-0.39, 0.29) is 5.56 Å². The molecule has 0 fully saturated rings. The van der Waals surface area contributed by atoms with Crippen LogP contribution in [0, 0.1) is 6.92 Å². The van der Waals surface area contributed by atoms with Crippen LogP contribution in [0.1, 0.15) is 16.8 Å². The number of benzene rings is 1. The van der Waals surface area contributed by atoms with Gasteiger partial charge in [0.15, 0.2) is 0 Å². The molecule has 1 aromatic heterocycles. The number of nitrogens with zero attached hydrogens (tertiary/aromatic N) is 2. The molecule has 19 heavy (non-hydrogen) atoms. The SMILES string of the molecule is Cc1ccc(NCc2ccn(C)n2)cc1C(F)(F)F. The van der Waals surface area contributed by atoms with Crippen LogP contribution < -0.4 is 5.32 Å². The second kappa shape index (κ2) is 4.95. The van der Waals surface area contributed by atoms with Gasteiger partial charge in [-0.1, -0.05) is 6.07 Å². The predicted octanol–water partition coefficient (Wildman–Crippen LogP) is 3.36. The van der Waals surface area contributed by atoms with Crippen LogP contribution in [0.3, 0.4) is 0 Å². The topological polar surface area (TPSA) is 29.9 Å². The van der Waals surface area contributed by atoms with Crippen LogP contribution in [0.2, 0.25) is 0 Å². The molecule has 1 heterocycles. The van der Waals surface area contributed by atoms with Crippen LogP contribution in [0.15, 0.2) is 30.5 Å². The van der Waals surface area contributed by atoms with E-state index in [4.69, 9.17) is 0 Å². The van der Waals surface area contributed by atoms with E-state index in [1.54, 1.807) is 24.0 Å². The van der Waals surface area contributed by atoms with Gasteiger partial charge in [0.2, 0.25) is 0 Å². The predicted molar refractivity (Wildman–Crippen MR) is 66.7 cm³/mol. The Bertz CT molecular complexity index is 573. The third kappa shape index (κ3) is 3.27. The number of alkyl halides is 3. The molecule has 6 heteroatoms. The van der Waals surface area contributed by atoms with Gasteiger partial charge in [0, 0.05) is 18.9 Å². The van der Waals surface area contributed by atoms with Crippen molar-refractivity contribution in [1.29, 1.82) is 0 Å². The van der Waals surface area contributed by atoms with Gasteiger partial charge in [-0.15, -0.1) is 0 Å². The molecule has 0 radical (unpaired) electrons. The van der Waals surface area contributed by atoms with Crippen molar-refractivity contribution < 1.29 is 13.2 Å². The van der Waals surface area contributed by atoms with Crippen molar-refractivity contribution in [2.45, 2.75) is 19.6 Å². The van der Waals surface area contributed by atoms with Gasteiger partial charge in [-0.3, -0.25) is 4.68 Å². The molecule has 0 amide bonds. The van der Waals surface area contributed by atoms with Crippen LogP contribution in [-0.4, -0.2) is 9.78 Å². The molecule has 0 saturated heterocycles. The minimum atomic E-state index is -4.33. The number of rotatable bonds is 3. The fraction of sp³-hybridized carbons (Fsp3) is 0.308. The number of anilines is 1. The lowest BCUT2D eigenvalue weighted by molar-refractivity contribution is -0.138. The van der Waals surface area contributed by atoms with Crippen LogP contribution >= 0.6 is 0 Å². The minimum Gasteiger partial charge on any atom is -0.379 e. The van der Waals surface area contributed by atoms with E-state index in [9.17, 15) is 13.2 Å². The number of aromatic nitrogens is 2. The van der Waals surface area contributed by atoms with E-state index in [0.717, 1.165) is 11.8 Å². The summed E-state index contributed by atoms with van der Waals surface area (Å²) in [5.74, 6) is 0. The maximum Gasteiger partial charge on any atom is 0.416 e. The molecule has 1 N–H and O–H groups in total. The van der Waals surface area contributed by atoms with Crippen LogP contribution in [-0.2, 0) is 19.8 Å². The van der Waals surface area contributed by atoms with Crippen molar-refractivity contribution >= 4 is 5.69 Å². The molecular formula is C13H14F3N3. The highest BCUT2D eigenvalue weighted by Crippen LogP contribution is 2.33. The van der Waals surface area contributed by atoms with Crippen LogP contribution in [0.5, 0.6) is 0 Å². The summed E-state index contributed by atoms with van der Waals surface area (Å²) >= 11 is 0. The number of hydrogen-bond donors (Lipinski definition) is 1. The molecule has 2 aromatic rings. The second-order valence-electron chi connectivity index (χ2n) is 4.36. The summed E-state index contributed by atoms with van der Waals surface area (Å²) in [5, 5.41) is 7.08. The largest absolute Gasteiger partial charge is 0.416 e. The lowest BCUT2D eigenvalue weighted by Gasteiger charge is -2.12. The van der Waals surface area contributed by atoms with E-state index in [1.165, 1.54) is 13.0 Å². The lowest BCUT2D eigenvalue weighted by Crippen LogP contribution is -2.09. The zero-order valence-corrected chi connectivity index (χ0v) is 10.6. The first-order chi connectivity index (χ1) is 8.86. The van der Waals surface area contributed by atoms with Crippen molar-refractivity contribution in [3.05, 3.63) is 47.3 Å². The Kier molecular flexibility index (Phi) is 3.50. The lowest BCUT2D eigenvalue weighted by atomic mass is 10.1. The van der Waals surface area contributed by atoms with E-state index in [0.29, 0.717) is 12.2 Å². The van der Waals surface area contributed by atoms with Gasteiger partial charge in [0.1, 0.15) is 0 Å². The molecule has 102 valence electrons. The quantitative estimate of drug-likeness (QED) is 0.926. The Labute approximate surface area is 109 Å². The van der Waals surface area contributed by atoms with Crippen LogP contribution in [0.4, 0.5) is 18.9 Å². The summed E-state index contributed by atoms with van der Waals surface area (Å²) in [6.45, 7) is 1.84. The van der Waals surface area contributed by atoms with Gasteiger partial charge >= 0.3 is 6.18 Å². The molecule has 0 aliphatic carbocycles. The highest BCUT2D eigenvalue weighted by atomic mass is 19.4. The molecule has 0 spiro atoms. The first-order valence-corrected chi connectivity index (χ1v) is 5.76. The maximum absolute atomic E-state index is 12.8. The van der Waals surface area contributed by atoms with Gasteiger partial charge in [0.05, 0.1) is 17.8 Å². The molecule has 0 bridgehead atoms. The number of aryl methyl sites for hydroxylation is 2. The van der Waals surface area contributed by atoms with Crippen molar-refractivity contribution in [3.8, 4) is 0 Å². The summed E-state index contributed by atoms with van der Waals surface area (Å²) in [6, 6.07) is 6.03. The molecule has 3 nitrogen and oxygen atoms in total. The Morgan fingerprint density at radius 3 is 2.58 bits per heavy atom. The summed E-state index contributed by atoms with van der Waals surface area (Å²) in [4.78, 5) is 0. The molecule has 2 rings (SSSR count). The summed E-state index contributed by atoms with van der Waals surface area (Å²) < 4.78 is 39.9. The van der Waals surface area contributed by atoms with E-state index in [1.807, 2.05) is 6.07 Å². The molecule has 0 aliphatic rings. The Morgan fingerprint density at radius 2 is 2.00 bits per heavy atom. The van der Waals surface area contributed by atoms with Crippen molar-refractivity contribution in [3.63, 3.8) is 0 Å². The Balaban J connectivity index is 2.13. The smallest absolute Gasteiger partial charge is 0.379 e. The fourth-order valence-corrected chi connectivity index (χ4v) is 1.79. The third-order valence-electron chi connectivity index (χ3n) is 2.79. The van der Waals surface area contributed by atoms with E-state index in [2.05, 4.69) is 10.4 Å². The maximum atomic E-state index is 12.8. The third-order valence-corrected chi connectivity index (χ3v) is 2.79. The standard InChI is InChI=1S/C13H14F3N3/c1-9-3-4-10(7-12(9)13(14,15)16)17-8-11-5-6-19(2)18-11/h3-7,17H,8H2,1-2H3. The molecule has 0 saturated carbocycles. The average Bonchev–Trinajstić information content (AvgIpc) is 2.72. The summed E-state index contributed by atoms with van der Waals surface area (Å²) in [6.07, 6.45) is -2.54. The van der Waals surface area contributed by atoms with Crippen molar-refractivity contribution in [2.75, 3.05) is 5.32 Å². The number of hydrogen-bond acceptors (Lipinski definition) is 2. The summed E-state index contributed by atoms with van der Waals surface area (Å²) in [5.41, 5.74) is 0.814. The van der Waals surface area contributed by atoms with Gasteiger partial charge in [-0.25, -0.2) is 0 Å². The van der Waals surface area contributed by atoms with Gasteiger partial charge < -0.3 is 5.32 Å². The zero-order chi connectivity index (χ0) is 14.0. The minimum absolute atomic E-state index is 0.218. The molecule has 1 aromatic carbocycles. The normalized spacial score (nSPS) is 11.6. The van der Waals surface area contributed by atoms with E-state index < -0.39 is 11.7 Å². The Hall–Kier alpha value is -1.98. The average molecular weight is 269 g/mol. The number of nitrogens with one attached hydrogen (secondary N) is 1. The highest BCUT2D eigenvalue weighted by Gasteiger charge is 2.32. The van der Waals surface area contributed by atoms with E-state index >= 15 is 0 Å². The zero-order valence-electron chi connectivity index (χ0n) is 10.6. The molecule has 0 unspecified atom stereocenters. The highest BCUT2D eigenvalue weighted by molar-refractivity contribution is 5.49. The van der Waals surface area contributed by atoms with Gasteiger partial charge in [-0.05, 0) is 30.7 Å². The monoisotopic (exact) mass is 269 g/mol. The van der Waals surface area contributed by atoms with Crippen molar-refractivity contribution in [2.24, 2.45) is 7.05 Å².